The van der Waals surface area contributed by atoms with Crippen LogP contribution >= 0.6 is 0 Å². The molecule has 0 bridgehead atoms. The smallest absolute Gasteiger partial charge is 0.341 e. The van der Waals surface area contributed by atoms with E-state index in [2.05, 4.69) is 5.10 Å². The van der Waals surface area contributed by atoms with Gasteiger partial charge in [0.1, 0.15) is 16.8 Å². The highest BCUT2D eigenvalue weighted by Gasteiger charge is 2.24. The number of fused-ring (bicyclic) bond motifs is 5. The molecule has 0 saturated carbocycles. The van der Waals surface area contributed by atoms with Crippen molar-refractivity contribution in [1.82, 2.24) is 14.3 Å². The van der Waals surface area contributed by atoms with E-state index >= 15 is 0 Å². The molecule has 0 aliphatic carbocycles. The van der Waals surface area contributed by atoms with Gasteiger partial charge in [-0.25, -0.2) is 4.79 Å². The summed E-state index contributed by atoms with van der Waals surface area (Å²) in [5.41, 5.74) is 1.46. The summed E-state index contributed by atoms with van der Waals surface area (Å²) in [5.74, 6) is -0.535. The van der Waals surface area contributed by atoms with Gasteiger partial charge in [0.2, 0.25) is 0 Å². The fourth-order valence-electron chi connectivity index (χ4n) is 3.39. The molecule has 3 aromatic rings. The molecule has 27 heavy (non-hydrogen) atoms. The van der Waals surface area contributed by atoms with Crippen molar-refractivity contribution in [3.05, 3.63) is 46.2 Å². The number of carboxylic acids is 1. The lowest BCUT2D eigenvalue weighted by Gasteiger charge is -2.21. The van der Waals surface area contributed by atoms with E-state index in [4.69, 9.17) is 9.47 Å². The van der Waals surface area contributed by atoms with Gasteiger partial charge in [0.25, 0.3) is 0 Å². The molecule has 1 aliphatic heterocycles. The Labute approximate surface area is 154 Å². The molecule has 0 fully saturated rings. The third kappa shape index (κ3) is 2.97. The number of rotatable bonds is 6. The Hall–Kier alpha value is -3.13. The van der Waals surface area contributed by atoms with Crippen LogP contribution in [0.25, 0.3) is 22.3 Å². The molecule has 3 heterocycles. The number of benzene rings is 1. The maximum atomic E-state index is 12.2. The lowest BCUT2D eigenvalue weighted by atomic mass is 10.1. The quantitative estimate of drug-likeness (QED) is 0.668. The summed E-state index contributed by atoms with van der Waals surface area (Å²) >= 11 is 0. The first kappa shape index (κ1) is 17.3. The number of ether oxygens (including phenoxy) is 2. The highest BCUT2D eigenvalue weighted by atomic mass is 16.5. The third-order valence-corrected chi connectivity index (χ3v) is 4.64. The largest absolute Gasteiger partial charge is 0.491 e. The van der Waals surface area contributed by atoms with Gasteiger partial charge in [-0.1, -0.05) is 12.1 Å². The monoisotopic (exact) mass is 369 g/mol. The van der Waals surface area contributed by atoms with Gasteiger partial charge in [0.15, 0.2) is 5.43 Å². The van der Waals surface area contributed by atoms with E-state index in [0.29, 0.717) is 37.7 Å². The van der Waals surface area contributed by atoms with Crippen molar-refractivity contribution < 1.29 is 19.4 Å². The van der Waals surface area contributed by atoms with Crippen molar-refractivity contribution in [2.24, 2.45) is 0 Å². The minimum atomic E-state index is -1.22. The van der Waals surface area contributed by atoms with Crippen LogP contribution in [0.5, 0.6) is 5.75 Å². The zero-order chi connectivity index (χ0) is 19.0. The molecule has 0 saturated heterocycles. The van der Waals surface area contributed by atoms with Gasteiger partial charge in [-0.05, 0) is 6.07 Å². The van der Waals surface area contributed by atoms with Gasteiger partial charge >= 0.3 is 5.97 Å². The first-order chi connectivity index (χ1) is 13.1. The molecule has 1 aromatic carbocycles. The van der Waals surface area contributed by atoms with Gasteiger partial charge in [0, 0.05) is 44.3 Å². The maximum Gasteiger partial charge on any atom is 0.341 e. The molecule has 8 nitrogen and oxygen atoms in total. The van der Waals surface area contributed by atoms with Crippen LogP contribution in [-0.4, -0.2) is 45.7 Å². The number of nitrogens with zero attached hydrogens (tertiary/aromatic N) is 3. The van der Waals surface area contributed by atoms with E-state index in [1.807, 2.05) is 22.9 Å². The van der Waals surface area contributed by atoms with Crippen molar-refractivity contribution in [2.45, 2.75) is 19.5 Å². The summed E-state index contributed by atoms with van der Waals surface area (Å²) in [5, 5.41) is 14.7. The minimum absolute atomic E-state index is 0.224. The number of carbonyl (C=O) groups is 1. The van der Waals surface area contributed by atoms with Gasteiger partial charge in [-0.3, -0.25) is 9.48 Å². The molecule has 0 amide bonds. The fraction of sp³-hybridized carbons (Fsp3) is 0.316. The van der Waals surface area contributed by atoms with E-state index in [-0.39, 0.29) is 5.56 Å². The molecule has 4 rings (SSSR count). The van der Waals surface area contributed by atoms with E-state index in [1.54, 1.807) is 11.7 Å². The molecular weight excluding hydrogens is 350 g/mol. The zero-order valence-corrected chi connectivity index (χ0v) is 14.8. The Kier molecular flexibility index (Phi) is 4.41. The molecule has 1 N–H and O–H groups in total. The average molecular weight is 369 g/mol. The van der Waals surface area contributed by atoms with Crippen LogP contribution < -0.4 is 10.2 Å². The zero-order valence-electron chi connectivity index (χ0n) is 14.8. The molecule has 0 unspecified atom stereocenters. The number of hydrogen-bond acceptors (Lipinski definition) is 5. The Balaban J connectivity index is 1.80. The Morgan fingerprint density at radius 1 is 1.30 bits per heavy atom. The van der Waals surface area contributed by atoms with E-state index in [1.165, 1.54) is 12.3 Å². The predicted octanol–water partition coefficient (Wildman–Crippen LogP) is 1.99. The molecule has 0 atom stereocenters. The number of aromatic carboxylic acids is 1. The highest BCUT2D eigenvalue weighted by molar-refractivity contribution is 5.96. The second-order valence-corrected chi connectivity index (χ2v) is 6.35. The summed E-state index contributed by atoms with van der Waals surface area (Å²) in [6.07, 6.45) is 2.18. The number of aryl methyl sites for hydroxylation is 2. The lowest BCUT2D eigenvalue weighted by molar-refractivity contribution is 0.0694. The van der Waals surface area contributed by atoms with Crippen LogP contribution in [-0.2, 0) is 17.8 Å². The van der Waals surface area contributed by atoms with Crippen molar-refractivity contribution in [1.29, 1.82) is 0 Å². The van der Waals surface area contributed by atoms with Crippen LogP contribution in [0.15, 0.2) is 35.3 Å². The van der Waals surface area contributed by atoms with E-state index in [9.17, 15) is 14.7 Å². The van der Waals surface area contributed by atoms with Crippen LogP contribution in [0.4, 0.5) is 0 Å². The maximum absolute atomic E-state index is 12.2. The van der Waals surface area contributed by atoms with Crippen molar-refractivity contribution >= 4 is 16.9 Å². The molecule has 8 heteroatoms. The second kappa shape index (κ2) is 6.88. The number of methoxy groups -OCH3 is 1. The number of carboxylic acid groups (broad SMARTS) is 1. The summed E-state index contributed by atoms with van der Waals surface area (Å²) in [6.45, 7) is 2.27. The standard InChI is InChI=1S/C19H19N3O5/c1-26-8-3-9-27-16-5-2-4-12-17(16)20-22-7-6-21-11-13(19(24)25)15(23)10-14(21)18(12)22/h2,4-5,10-11H,3,6-9H2,1H3,(H,24,25). The normalized spacial score (nSPS) is 12.6. The Morgan fingerprint density at radius 2 is 2.15 bits per heavy atom. The SMILES string of the molecule is COCCCOc1cccc2c3n(nc12)CCn1cc(C(=O)O)c(=O)cc1-3. The molecule has 1 aliphatic rings. The fourth-order valence-corrected chi connectivity index (χ4v) is 3.39. The summed E-state index contributed by atoms with van der Waals surface area (Å²) in [7, 11) is 1.65. The molecule has 2 aromatic heterocycles. The predicted molar refractivity (Wildman–Crippen MR) is 98.4 cm³/mol. The van der Waals surface area contributed by atoms with Gasteiger partial charge in [-0.15, -0.1) is 0 Å². The van der Waals surface area contributed by atoms with Crippen LogP contribution in [0.2, 0.25) is 0 Å². The minimum Gasteiger partial charge on any atom is -0.491 e. The average Bonchev–Trinajstić information content (AvgIpc) is 3.04. The van der Waals surface area contributed by atoms with E-state index < -0.39 is 11.4 Å². The van der Waals surface area contributed by atoms with Gasteiger partial charge in [-0.2, -0.15) is 5.10 Å². The second-order valence-electron chi connectivity index (χ2n) is 6.35. The van der Waals surface area contributed by atoms with Crippen LogP contribution in [0, 0.1) is 0 Å². The van der Waals surface area contributed by atoms with Crippen molar-refractivity contribution in [2.75, 3.05) is 20.3 Å². The van der Waals surface area contributed by atoms with Crippen molar-refractivity contribution in [3.63, 3.8) is 0 Å². The number of pyridine rings is 1. The van der Waals surface area contributed by atoms with Crippen LogP contribution in [0.3, 0.4) is 0 Å². The topological polar surface area (TPSA) is 95.6 Å². The number of hydrogen-bond donors (Lipinski definition) is 1. The summed E-state index contributed by atoms with van der Waals surface area (Å²) in [4.78, 5) is 23.5. The highest BCUT2D eigenvalue weighted by Crippen LogP contribution is 2.35. The summed E-state index contributed by atoms with van der Waals surface area (Å²) in [6, 6.07) is 7.07. The summed E-state index contributed by atoms with van der Waals surface area (Å²) < 4.78 is 14.5. The molecule has 0 radical (unpaired) electrons. The first-order valence-corrected chi connectivity index (χ1v) is 8.69. The van der Waals surface area contributed by atoms with E-state index in [0.717, 1.165) is 23.0 Å². The molecule has 140 valence electrons. The third-order valence-electron chi connectivity index (χ3n) is 4.64. The van der Waals surface area contributed by atoms with Gasteiger partial charge in [0.05, 0.1) is 24.5 Å². The Morgan fingerprint density at radius 3 is 2.93 bits per heavy atom. The van der Waals surface area contributed by atoms with Gasteiger partial charge < -0.3 is 19.1 Å². The van der Waals surface area contributed by atoms with Crippen LogP contribution in [0.1, 0.15) is 16.8 Å². The molecular formula is C19H19N3O5. The Bertz CT molecular complexity index is 1080. The lowest BCUT2D eigenvalue weighted by Crippen LogP contribution is -2.24. The number of aromatic nitrogens is 3. The molecule has 0 spiro atoms. The first-order valence-electron chi connectivity index (χ1n) is 8.69. The van der Waals surface area contributed by atoms with Crippen molar-refractivity contribution in [3.8, 4) is 17.1 Å².